The number of benzene rings is 1. The summed E-state index contributed by atoms with van der Waals surface area (Å²) in [5.41, 5.74) is 2.05. The van der Waals surface area contributed by atoms with Crippen molar-refractivity contribution in [3.05, 3.63) is 29.3 Å². The van der Waals surface area contributed by atoms with Crippen molar-refractivity contribution in [2.24, 2.45) is 5.92 Å². The Labute approximate surface area is 115 Å². The Balaban J connectivity index is 2.58. The number of aliphatic hydroxyl groups is 1. The molecule has 0 saturated heterocycles. The van der Waals surface area contributed by atoms with Crippen LogP contribution in [-0.2, 0) is 10.0 Å². The lowest BCUT2D eigenvalue weighted by Gasteiger charge is -2.10. The minimum atomic E-state index is -3.42. The molecule has 0 aromatic heterocycles. The van der Waals surface area contributed by atoms with Crippen LogP contribution in [0.3, 0.4) is 0 Å². The highest BCUT2D eigenvalue weighted by Gasteiger charge is 2.13. The SMILES string of the molecule is Cc1ccc(S(=O)(=O)NCCCC(C)CO)cc1C. The zero-order valence-electron chi connectivity index (χ0n) is 11.8. The van der Waals surface area contributed by atoms with Crippen molar-refractivity contribution in [3.8, 4) is 0 Å². The first-order chi connectivity index (χ1) is 8.86. The van der Waals surface area contributed by atoms with Crippen molar-refractivity contribution in [2.75, 3.05) is 13.2 Å². The van der Waals surface area contributed by atoms with E-state index in [0.29, 0.717) is 11.4 Å². The number of sulfonamides is 1. The van der Waals surface area contributed by atoms with Crippen LogP contribution in [0.4, 0.5) is 0 Å². The molecule has 19 heavy (non-hydrogen) atoms. The molecule has 0 aliphatic rings. The van der Waals surface area contributed by atoms with E-state index in [0.717, 1.165) is 24.0 Å². The van der Waals surface area contributed by atoms with Crippen molar-refractivity contribution >= 4 is 10.0 Å². The quantitative estimate of drug-likeness (QED) is 0.753. The molecule has 0 aliphatic heterocycles. The minimum absolute atomic E-state index is 0.143. The third-order valence-electron chi connectivity index (χ3n) is 3.27. The molecule has 5 heteroatoms. The average molecular weight is 285 g/mol. The summed E-state index contributed by atoms with van der Waals surface area (Å²) in [6.45, 7) is 6.34. The second-order valence-corrected chi connectivity index (χ2v) is 6.84. The van der Waals surface area contributed by atoms with Gasteiger partial charge in [-0.3, -0.25) is 0 Å². The van der Waals surface area contributed by atoms with Gasteiger partial charge in [-0.1, -0.05) is 13.0 Å². The Bertz CT molecular complexity index is 511. The topological polar surface area (TPSA) is 66.4 Å². The van der Waals surface area contributed by atoms with E-state index in [-0.39, 0.29) is 12.5 Å². The monoisotopic (exact) mass is 285 g/mol. The number of aryl methyl sites for hydroxylation is 2. The average Bonchev–Trinajstić information content (AvgIpc) is 2.37. The van der Waals surface area contributed by atoms with Gasteiger partial charge in [0.1, 0.15) is 0 Å². The highest BCUT2D eigenvalue weighted by atomic mass is 32.2. The lowest BCUT2D eigenvalue weighted by Crippen LogP contribution is -2.25. The zero-order valence-corrected chi connectivity index (χ0v) is 12.6. The first-order valence-electron chi connectivity index (χ1n) is 6.54. The first kappa shape index (κ1) is 16.1. The fourth-order valence-corrected chi connectivity index (χ4v) is 2.87. The van der Waals surface area contributed by atoms with Gasteiger partial charge in [0.05, 0.1) is 4.90 Å². The van der Waals surface area contributed by atoms with E-state index in [1.165, 1.54) is 0 Å². The van der Waals surface area contributed by atoms with E-state index in [2.05, 4.69) is 4.72 Å². The maximum Gasteiger partial charge on any atom is 0.240 e. The summed E-state index contributed by atoms with van der Waals surface area (Å²) in [5, 5.41) is 8.89. The fourth-order valence-electron chi connectivity index (χ4n) is 1.71. The number of aliphatic hydroxyl groups excluding tert-OH is 1. The molecule has 0 aliphatic carbocycles. The highest BCUT2D eigenvalue weighted by molar-refractivity contribution is 7.89. The third-order valence-corrected chi connectivity index (χ3v) is 4.72. The fraction of sp³-hybridized carbons (Fsp3) is 0.571. The Morgan fingerprint density at radius 3 is 2.53 bits per heavy atom. The van der Waals surface area contributed by atoms with Gasteiger partial charge < -0.3 is 5.11 Å². The van der Waals surface area contributed by atoms with Gasteiger partial charge >= 0.3 is 0 Å². The van der Waals surface area contributed by atoms with E-state index in [1.807, 2.05) is 26.8 Å². The maximum absolute atomic E-state index is 12.0. The first-order valence-corrected chi connectivity index (χ1v) is 8.03. The smallest absolute Gasteiger partial charge is 0.240 e. The Morgan fingerprint density at radius 2 is 1.95 bits per heavy atom. The Morgan fingerprint density at radius 1 is 1.26 bits per heavy atom. The van der Waals surface area contributed by atoms with Crippen molar-refractivity contribution in [2.45, 2.75) is 38.5 Å². The summed E-state index contributed by atoms with van der Waals surface area (Å²) in [6, 6.07) is 5.13. The van der Waals surface area contributed by atoms with Crippen LogP contribution in [0.5, 0.6) is 0 Å². The van der Waals surface area contributed by atoms with Gasteiger partial charge in [0.25, 0.3) is 0 Å². The Hall–Kier alpha value is -0.910. The molecule has 1 unspecified atom stereocenters. The third kappa shape index (κ3) is 4.93. The maximum atomic E-state index is 12.0. The predicted octanol–water partition coefficient (Wildman–Crippen LogP) is 1.99. The summed E-state index contributed by atoms with van der Waals surface area (Å²) in [4.78, 5) is 0.311. The standard InChI is InChI=1S/C14H23NO3S/c1-11(10-16)5-4-8-15-19(17,18)14-7-6-12(2)13(3)9-14/h6-7,9,11,15-16H,4-5,8,10H2,1-3H3. The zero-order chi connectivity index (χ0) is 14.5. The number of rotatable bonds is 7. The summed E-state index contributed by atoms with van der Waals surface area (Å²) >= 11 is 0. The summed E-state index contributed by atoms with van der Waals surface area (Å²) in [7, 11) is -3.42. The van der Waals surface area contributed by atoms with Crippen LogP contribution >= 0.6 is 0 Å². The van der Waals surface area contributed by atoms with Gasteiger partial charge in [0, 0.05) is 13.2 Å². The van der Waals surface area contributed by atoms with E-state index < -0.39 is 10.0 Å². The van der Waals surface area contributed by atoms with Crippen LogP contribution in [-0.4, -0.2) is 26.7 Å². The van der Waals surface area contributed by atoms with Crippen molar-refractivity contribution in [1.82, 2.24) is 4.72 Å². The van der Waals surface area contributed by atoms with Gasteiger partial charge in [-0.2, -0.15) is 0 Å². The molecule has 0 amide bonds. The van der Waals surface area contributed by atoms with Crippen molar-refractivity contribution < 1.29 is 13.5 Å². The molecule has 4 nitrogen and oxygen atoms in total. The van der Waals surface area contributed by atoms with Crippen LogP contribution in [0.1, 0.15) is 30.9 Å². The van der Waals surface area contributed by atoms with Crippen LogP contribution in [0.25, 0.3) is 0 Å². The number of hydrogen-bond acceptors (Lipinski definition) is 3. The predicted molar refractivity (Wildman–Crippen MR) is 76.6 cm³/mol. The van der Waals surface area contributed by atoms with Crippen molar-refractivity contribution in [1.29, 1.82) is 0 Å². The van der Waals surface area contributed by atoms with Crippen LogP contribution in [0.15, 0.2) is 23.1 Å². The highest BCUT2D eigenvalue weighted by Crippen LogP contribution is 2.14. The van der Waals surface area contributed by atoms with Gasteiger partial charge in [-0.15, -0.1) is 0 Å². The van der Waals surface area contributed by atoms with Crippen molar-refractivity contribution in [3.63, 3.8) is 0 Å². The van der Waals surface area contributed by atoms with Crippen LogP contribution in [0.2, 0.25) is 0 Å². The molecular weight excluding hydrogens is 262 g/mol. The molecule has 0 fully saturated rings. The number of hydrogen-bond donors (Lipinski definition) is 2. The van der Waals surface area contributed by atoms with Gasteiger partial charge in [0.2, 0.25) is 10.0 Å². The number of nitrogens with one attached hydrogen (secondary N) is 1. The molecule has 0 saturated carbocycles. The molecule has 1 atom stereocenters. The molecule has 2 N–H and O–H groups in total. The molecule has 0 spiro atoms. The summed E-state index contributed by atoms with van der Waals surface area (Å²) < 4.78 is 26.7. The minimum Gasteiger partial charge on any atom is -0.396 e. The van der Waals surface area contributed by atoms with Gasteiger partial charge in [0.15, 0.2) is 0 Å². The van der Waals surface area contributed by atoms with E-state index in [1.54, 1.807) is 12.1 Å². The second kappa shape index (κ2) is 7.03. The normalized spacial score (nSPS) is 13.5. The lowest BCUT2D eigenvalue weighted by atomic mass is 10.1. The van der Waals surface area contributed by atoms with Crippen LogP contribution in [0, 0.1) is 19.8 Å². The molecule has 0 bridgehead atoms. The molecule has 0 radical (unpaired) electrons. The van der Waals surface area contributed by atoms with Gasteiger partial charge in [-0.05, 0) is 55.9 Å². The molecule has 0 heterocycles. The molecule has 1 aromatic rings. The summed E-state index contributed by atoms with van der Waals surface area (Å²) in [5.74, 6) is 0.214. The molecule has 108 valence electrons. The van der Waals surface area contributed by atoms with E-state index in [4.69, 9.17) is 5.11 Å². The van der Waals surface area contributed by atoms with Crippen LogP contribution < -0.4 is 4.72 Å². The molecular formula is C14H23NO3S. The molecule has 1 rings (SSSR count). The second-order valence-electron chi connectivity index (χ2n) is 5.07. The van der Waals surface area contributed by atoms with E-state index in [9.17, 15) is 8.42 Å². The summed E-state index contributed by atoms with van der Waals surface area (Å²) in [6.07, 6.45) is 1.54. The Kier molecular flexibility index (Phi) is 5.97. The largest absolute Gasteiger partial charge is 0.396 e. The molecule has 1 aromatic carbocycles. The lowest BCUT2D eigenvalue weighted by molar-refractivity contribution is 0.228. The van der Waals surface area contributed by atoms with E-state index >= 15 is 0 Å². The van der Waals surface area contributed by atoms with Gasteiger partial charge in [-0.25, -0.2) is 13.1 Å².